The van der Waals surface area contributed by atoms with Gasteiger partial charge in [-0.15, -0.1) is 6.58 Å². The molecule has 0 fully saturated rings. The molecule has 0 aromatic heterocycles. The van der Waals surface area contributed by atoms with Crippen LogP contribution in [-0.2, 0) is 10.2 Å². The Labute approximate surface area is 125 Å². The summed E-state index contributed by atoms with van der Waals surface area (Å²) in [5.41, 5.74) is 3.56. The molecule has 1 unspecified atom stereocenters. The molecule has 1 nitrogen and oxygen atoms in total. The van der Waals surface area contributed by atoms with Crippen LogP contribution in [0.25, 0.3) is 5.57 Å². The Morgan fingerprint density at radius 3 is 2.10 bits per heavy atom. The molecule has 0 spiro atoms. The van der Waals surface area contributed by atoms with Gasteiger partial charge >= 0.3 is 0 Å². The summed E-state index contributed by atoms with van der Waals surface area (Å²) in [7, 11) is 0. The number of benzene rings is 2. The molecule has 2 aromatic rings. The predicted octanol–water partition coefficient (Wildman–Crippen LogP) is 4.56. The van der Waals surface area contributed by atoms with Crippen LogP contribution in [0.5, 0.6) is 0 Å². The molecule has 0 radical (unpaired) electrons. The number of Topliss-reactive ketones (excluding diaryl/α,β-unsaturated/α-hetero) is 1. The Kier molecular flexibility index (Phi) is 3.34. The first-order valence-electron chi connectivity index (χ1n) is 7.20. The Bertz CT molecular complexity index is 710. The van der Waals surface area contributed by atoms with Gasteiger partial charge in [-0.1, -0.05) is 66.7 Å². The number of carbonyl (C=O) groups excluding carboxylic acids is 1. The molecule has 0 N–H and O–H groups in total. The van der Waals surface area contributed by atoms with Crippen LogP contribution in [-0.4, -0.2) is 5.78 Å². The summed E-state index contributed by atoms with van der Waals surface area (Å²) in [5.74, 6) is 0.206. The highest BCUT2D eigenvalue weighted by atomic mass is 16.1. The summed E-state index contributed by atoms with van der Waals surface area (Å²) in [6.07, 6.45) is 2.49. The first kappa shape index (κ1) is 13.6. The summed E-state index contributed by atoms with van der Waals surface area (Å²) in [6.45, 7) is 5.91. The van der Waals surface area contributed by atoms with Crippen LogP contribution in [0.4, 0.5) is 0 Å². The number of carbonyl (C=O) groups is 1. The quantitative estimate of drug-likeness (QED) is 0.747. The molecule has 1 aliphatic carbocycles. The third-order valence-electron chi connectivity index (χ3n) is 4.41. The highest BCUT2D eigenvalue weighted by Crippen LogP contribution is 2.51. The second-order valence-electron chi connectivity index (χ2n) is 5.46. The van der Waals surface area contributed by atoms with E-state index in [1.807, 2.05) is 66.7 Å². The van der Waals surface area contributed by atoms with Gasteiger partial charge in [0.05, 0.1) is 5.41 Å². The molecule has 0 bridgehead atoms. The zero-order chi connectivity index (χ0) is 14.9. The van der Waals surface area contributed by atoms with E-state index in [9.17, 15) is 4.79 Å². The monoisotopic (exact) mass is 274 g/mol. The van der Waals surface area contributed by atoms with Gasteiger partial charge < -0.3 is 0 Å². The molecule has 0 amide bonds. The second kappa shape index (κ2) is 5.17. The average Bonchev–Trinajstić information content (AvgIpc) is 2.54. The molecule has 0 saturated heterocycles. The predicted molar refractivity (Wildman–Crippen MR) is 87.0 cm³/mol. The summed E-state index contributed by atoms with van der Waals surface area (Å²) >= 11 is 0. The van der Waals surface area contributed by atoms with Crippen LogP contribution in [0, 0.1) is 0 Å². The molecule has 2 aromatic carbocycles. The van der Waals surface area contributed by atoms with Crippen molar-refractivity contribution in [1.82, 2.24) is 0 Å². The summed E-state index contributed by atoms with van der Waals surface area (Å²) in [5, 5.41) is 0. The topological polar surface area (TPSA) is 17.1 Å². The Hall–Kier alpha value is -2.41. The average molecular weight is 274 g/mol. The van der Waals surface area contributed by atoms with Crippen molar-refractivity contribution in [3.05, 3.63) is 90.0 Å². The third-order valence-corrected chi connectivity index (χ3v) is 4.41. The van der Waals surface area contributed by atoms with Crippen molar-refractivity contribution < 1.29 is 4.79 Å². The van der Waals surface area contributed by atoms with Gasteiger partial charge in [0.1, 0.15) is 0 Å². The van der Waals surface area contributed by atoms with E-state index in [2.05, 4.69) is 13.5 Å². The van der Waals surface area contributed by atoms with Gasteiger partial charge in [-0.3, -0.25) is 4.79 Å². The third kappa shape index (κ3) is 1.89. The molecule has 0 aliphatic heterocycles. The zero-order valence-electron chi connectivity index (χ0n) is 12.2. The van der Waals surface area contributed by atoms with E-state index in [0.29, 0.717) is 6.42 Å². The van der Waals surface area contributed by atoms with Crippen LogP contribution >= 0.6 is 0 Å². The second-order valence-corrected chi connectivity index (χ2v) is 5.46. The number of hydrogen-bond donors (Lipinski definition) is 0. The van der Waals surface area contributed by atoms with E-state index < -0.39 is 5.41 Å². The van der Waals surface area contributed by atoms with Crippen LogP contribution in [0.15, 0.2) is 78.9 Å². The van der Waals surface area contributed by atoms with E-state index >= 15 is 0 Å². The van der Waals surface area contributed by atoms with E-state index in [1.165, 1.54) is 0 Å². The SMILES string of the molecule is C=CCC1(c2ccccc2)C(=O)C(c2ccccc2)=C1C. The summed E-state index contributed by atoms with van der Waals surface area (Å²) < 4.78 is 0. The highest BCUT2D eigenvalue weighted by molar-refractivity contribution is 6.34. The lowest BCUT2D eigenvalue weighted by Crippen LogP contribution is -2.46. The minimum atomic E-state index is -0.520. The number of hydrogen-bond acceptors (Lipinski definition) is 1. The fourth-order valence-corrected chi connectivity index (χ4v) is 3.31. The molecular formula is C20H18O. The molecule has 1 aliphatic rings. The van der Waals surface area contributed by atoms with Crippen molar-refractivity contribution in [3.8, 4) is 0 Å². The maximum Gasteiger partial charge on any atom is 0.178 e. The molecule has 21 heavy (non-hydrogen) atoms. The maximum atomic E-state index is 13.0. The van der Waals surface area contributed by atoms with Gasteiger partial charge in [-0.25, -0.2) is 0 Å². The summed E-state index contributed by atoms with van der Waals surface area (Å²) in [6, 6.07) is 19.9. The molecule has 1 atom stereocenters. The maximum absolute atomic E-state index is 13.0. The van der Waals surface area contributed by atoms with E-state index in [-0.39, 0.29) is 5.78 Å². The van der Waals surface area contributed by atoms with Crippen LogP contribution < -0.4 is 0 Å². The molecule has 3 rings (SSSR count). The Morgan fingerprint density at radius 2 is 1.57 bits per heavy atom. The minimum Gasteiger partial charge on any atom is -0.293 e. The first-order chi connectivity index (χ1) is 10.2. The van der Waals surface area contributed by atoms with Gasteiger partial charge in [0.15, 0.2) is 5.78 Å². The zero-order valence-corrected chi connectivity index (χ0v) is 12.2. The molecular weight excluding hydrogens is 256 g/mol. The fraction of sp³-hybridized carbons (Fsp3) is 0.150. The van der Waals surface area contributed by atoms with E-state index in [1.54, 1.807) is 0 Å². The minimum absolute atomic E-state index is 0.206. The lowest BCUT2D eigenvalue weighted by molar-refractivity contribution is -0.119. The molecule has 0 saturated carbocycles. The number of rotatable bonds is 4. The standard InChI is InChI=1S/C20H18O/c1-3-14-20(17-12-8-5-9-13-17)15(2)18(19(20)21)16-10-6-4-7-11-16/h3-13H,1,14H2,2H3. The number of allylic oxidation sites excluding steroid dienone is 3. The van der Waals surface area contributed by atoms with Crippen LogP contribution in [0.1, 0.15) is 24.5 Å². The van der Waals surface area contributed by atoms with Crippen LogP contribution in [0.3, 0.4) is 0 Å². The molecule has 1 heteroatoms. The Morgan fingerprint density at radius 1 is 1.00 bits per heavy atom. The van der Waals surface area contributed by atoms with Crippen molar-refractivity contribution in [1.29, 1.82) is 0 Å². The number of ketones is 1. The van der Waals surface area contributed by atoms with Crippen molar-refractivity contribution in [3.63, 3.8) is 0 Å². The van der Waals surface area contributed by atoms with Crippen molar-refractivity contribution in [2.75, 3.05) is 0 Å². The largest absolute Gasteiger partial charge is 0.293 e. The highest BCUT2D eigenvalue weighted by Gasteiger charge is 2.51. The normalized spacial score (nSPS) is 21.1. The van der Waals surface area contributed by atoms with Crippen molar-refractivity contribution >= 4 is 11.4 Å². The van der Waals surface area contributed by atoms with Gasteiger partial charge in [0, 0.05) is 5.57 Å². The Balaban J connectivity index is 2.15. The smallest absolute Gasteiger partial charge is 0.178 e. The van der Waals surface area contributed by atoms with Gasteiger partial charge in [-0.2, -0.15) is 0 Å². The first-order valence-corrected chi connectivity index (χ1v) is 7.20. The summed E-state index contributed by atoms with van der Waals surface area (Å²) in [4.78, 5) is 13.0. The molecule has 104 valence electrons. The van der Waals surface area contributed by atoms with E-state index in [4.69, 9.17) is 0 Å². The van der Waals surface area contributed by atoms with Gasteiger partial charge in [0.2, 0.25) is 0 Å². The van der Waals surface area contributed by atoms with Crippen molar-refractivity contribution in [2.24, 2.45) is 0 Å². The van der Waals surface area contributed by atoms with Gasteiger partial charge in [0.25, 0.3) is 0 Å². The lowest BCUT2D eigenvalue weighted by atomic mass is 9.57. The van der Waals surface area contributed by atoms with Crippen LogP contribution in [0.2, 0.25) is 0 Å². The lowest BCUT2D eigenvalue weighted by Gasteiger charge is -2.43. The van der Waals surface area contributed by atoms with Crippen molar-refractivity contribution in [2.45, 2.75) is 18.8 Å². The fourth-order valence-electron chi connectivity index (χ4n) is 3.31. The van der Waals surface area contributed by atoms with E-state index in [0.717, 1.165) is 22.3 Å². The van der Waals surface area contributed by atoms with Gasteiger partial charge in [-0.05, 0) is 30.0 Å². The molecule has 0 heterocycles.